The summed E-state index contributed by atoms with van der Waals surface area (Å²) in [5, 5.41) is 7.06. The first-order valence-electron chi connectivity index (χ1n) is 8.48. The summed E-state index contributed by atoms with van der Waals surface area (Å²) in [4.78, 5) is 37.8. The molecule has 0 bridgehead atoms. The van der Waals surface area contributed by atoms with Crippen LogP contribution < -0.4 is 5.32 Å². The molecule has 0 saturated carbocycles. The van der Waals surface area contributed by atoms with E-state index < -0.39 is 5.91 Å². The number of hydrogen-bond donors (Lipinski definition) is 1. The summed E-state index contributed by atoms with van der Waals surface area (Å²) in [6, 6.07) is 14.0. The van der Waals surface area contributed by atoms with Gasteiger partial charge in [-0.2, -0.15) is 5.10 Å². The number of hydrogen-bond acceptors (Lipinski definition) is 4. The molecule has 0 unspecified atom stereocenters. The second kappa shape index (κ2) is 7.05. The van der Waals surface area contributed by atoms with Gasteiger partial charge >= 0.3 is 0 Å². The number of anilines is 1. The van der Waals surface area contributed by atoms with Crippen LogP contribution in [0.1, 0.15) is 36.6 Å². The zero-order valence-electron chi connectivity index (χ0n) is 14.8. The van der Waals surface area contributed by atoms with Crippen LogP contribution in [0.4, 0.5) is 5.82 Å². The Bertz CT molecular complexity index is 1100. The number of amides is 3. The molecular weight excluding hydrogens is 424 g/mol. The summed E-state index contributed by atoms with van der Waals surface area (Å²) in [6.45, 7) is 0.498. The summed E-state index contributed by atoms with van der Waals surface area (Å²) in [5.41, 5.74) is 1.88. The molecular formula is C20H15BrN4O3. The van der Waals surface area contributed by atoms with Crippen molar-refractivity contribution in [1.29, 1.82) is 0 Å². The van der Waals surface area contributed by atoms with Crippen molar-refractivity contribution in [2.45, 2.75) is 6.54 Å². The van der Waals surface area contributed by atoms with Gasteiger partial charge in [0.2, 0.25) is 0 Å². The minimum Gasteiger partial charge on any atom is -0.307 e. The monoisotopic (exact) mass is 438 g/mol. The van der Waals surface area contributed by atoms with E-state index in [4.69, 9.17) is 0 Å². The molecule has 0 aliphatic carbocycles. The van der Waals surface area contributed by atoms with E-state index in [1.54, 1.807) is 16.9 Å². The van der Waals surface area contributed by atoms with Crippen LogP contribution in [0.25, 0.3) is 0 Å². The lowest BCUT2D eigenvalue weighted by molar-refractivity contribution is 0.0693. The lowest BCUT2D eigenvalue weighted by atomic mass is 10.1. The fraction of sp³-hybridized carbons (Fsp3) is 0.100. The Kier molecular flexibility index (Phi) is 4.56. The topological polar surface area (TPSA) is 84.3 Å². The highest BCUT2D eigenvalue weighted by Gasteiger charge is 2.33. The number of nitrogens with zero attached hydrogens (tertiary/aromatic N) is 3. The molecule has 28 heavy (non-hydrogen) atoms. The van der Waals surface area contributed by atoms with Crippen LogP contribution in [0.3, 0.4) is 0 Å². The molecule has 0 spiro atoms. The van der Waals surface area contributed by atoms with E-state index >= 15 is 0 Å². The molecule has 0 fully saturated rings. The van der Waals surface area contributed by atoms with Gasteiger partial charge in [0, 0.05) is 23.2 Å². The number of halogens is 1. The van der Waals surface area contributed by atoms with Gasteiger partial charge in [-0.25, -0.2) is 4.68 Å². The largest absolute Gasteiger partial charge is 0.307 e. The van der Waals surface area contributed by atoms with Crippen LogP contribution in [0, 0.1) is 0 Å². The van der Waals surface area contributed by atoms with Crippen molar-refractivity contribution in [1.82, 2.24) is 14.7 Å². The quantitative estimate of drug-likeness (QED) is 0.633. The van der Waals surface area contributed by atoms with E-state index in [0.29, 0.717) is 23.5 Å². The fourth-order valence-corrected chi connectivity index (χ4v) is 3.28. The molecule has 4 rings (SSSR count). The van der Waals surface area contributed by atoms with Crippen LogP contribution in [-0.4, -0.2) is 39.4 Å². The Balaban J connectivity index is 1.54. The number of aromatic nitrogens is 2. The first kappa shape index (κ1) is 18.1. The van der Waals surface area contributed by atoms with Gasteiger partial charge in [0.05, 0.1) is 23.9 Å². The maximum Gasteiger partial charge on any atom is 0.261 e. The van der Waals surface area contributed by atoms with Gasteiger partial charge in [-0.3, -0.25) is 19.3 Å². The van der Waals surface area contributed by atoms with Gasteiger partial charge in [0.15, 0.2) is 0 Å². The van der Waals surface area contributed by atoms with Gasteiger partial charge in [-0.15, -0.1) is 0 Å². The standard InChI is InChI=1S/C20H15BrN4O3/c1-24-19(27)15-7-4-13(10-16(15)20(24)28)18(26)23-17-8-9-22-25(17)11-12-2-5-14(21)6-3-12/h2-10H,11H2,1H3,(H,23,26). The predicted octanol–water partition coefficient (Wildman–Crippen LogP) is 3.17. The molecule has 1 aromatic heterocycles. The highest BCUT2D eigenvalue weighted by molar-refractivity contribution is 9.10. The first-order chi connectivity index (χ1) is 13.4. The summed E-state index contributed by atoms with van der Waals surface area (Å²) >= 11 is 3.40. The van der Waals surface area contributed by atoms with Gasteiger partial charge < -0.3 is 5.32 Å². The van der Waals surface area contributed by atoms with Crippen molar-refractivity contribution >= 4 is 39.5 Å². The minimum absolute atomic E-state index is 0.239. The molecule has 140 valence electrons. The average molecular weight is 439 g/mol. The van der Waals surface area contributed by atoms with Crippen molar-refractivity contribution in [3.8, 4) is 0 Å². The SMILES string of the molecule is CN1C(=O)c2ccc(C(=O)Nc3ccnn3Cc3ccc(Br)cc3)cc2C1=O. The van der Waals surface area contributed by atoms with Crippen molar-refractivity contribution in [2.75, 3.05) is 12.4 Å². The summed E-state index contributed by atoms with van der Waals surface area (Å²) in [6.07, 6.45) is 1.61. The van der Waals surface area contributed by atoms with Crippen LogP contribution in [0.2, 0.25) is 0 Å². The molecule has 2 heterocycles. The Labute approximate surface area is 169 Å². The second-order valence-electron chi connectivity index (χ2n) is 6.38. The maximum absolute atomic E-state index is 12.7. The smallest absolute Gasteiger partial charge is 0.261 e. The van der Waals surface area contributed by atoms with E-state index in [2.05, 4.69) is 26.3 Å². The van der Waals surface area contributed by atoms with E-state index in [9.17, 15) is 14.4 Å². The van der Waals surface area contributed by atoms with Crippen LogP contribution in [0.15, 0.2) is 59.2 Å². The highest BCUT2D eigenvalue weighted by Crippen LogP contribution is 2.23. The summed E-state index contributed by atoms with van der Waals surface area (Å²) in [7, 11) is 1.42. The molecule has 1 aliphatic rings. The molecule has 0 radical (unpaired) electrons. The Morgan fingerprint density at radius 3 is 2.50 bits per heavy atom. The molecule has 3 aromatic rings. The van der Waals surface area contributed by atoms with Gasteiger partial charge in [-0.05, 0) is 35.9 Å². The molecule has 1 aliphatic heterocycles. The number of fused-ring (bicyclic) bond motifs is 1. The fourth-order valence-electron chi connectivity index (χ4n) is 3.02. The molecule has 2 aromatic carbocycles. The maximum atomic E-state index is 12.7. The number of benzene rings is 2. The zero-order valence-corrected chi connectivity index (χ0v) is 16.4. The average Bonchev–Trinajstić information content (AvgIpc) is 3.21. The Morgan fingerprint density at radius 2 is 1.75 bits per heavy atom. The van der Waals surface area contributed by atoms with Crippen molar-refractivity contribution in [2.24, 2.45) is 0 Å². The summed E-state index contributed by atoms with van der Waals surface area (Å²) in [5.74, 6) is -0.613. The number of carbonyl (C=O) groups excluding carboxylic acids is 3. The van der Waals surface area contributed by atoms with Crippen molar-refractivity contribution < 1.29 is 14.4 Å². The third-order valence-electron chi connectivity index (χ3n) is 4.56. The zero-order chi connectivity index (χ0) is 19.8. The van der Waals surface area contributed by atoms with Crippen LogP contribution >= 0.6 is 15.9 Å². The van der Waals surface area contributed by atoms with Crippen molar-refractivity contribution in [3.63, 3.8) is 0 Å². The van der Waals surface area contributed by atoms with E-state index in [0.717, 1.165) is 14.9 Å². The van der Waals surface area contributed by atoms with Crippen molar-refractivity contribution in [3.05, 3.63) is 81.5 Å². The molecule has 1 N–H and O–H groups in total. The minimum atomic E-state index is -0.407. The van der Waals surface area contributed by atoms with E-state index in [1.165, 1.54) is 25.2 Å². The number of nitrogens with one attached hydrogen (secondary N) is 1. The first-order valence-corrected chi connectivity index (χ1v) is 9.27. The second-order valence-corrected chi connectivity index (χ2v) is 7.30. The number of carbonyl (C=O) groups is 3. The van der Waals surface area contributed by atoms with E-state index in [-0.39, 0.29) is 17.4 Å². The van der Waals surface area contributed by atoms with Gasteiger partial charge in [0.25, 0.3) is 17.7 Å². The predicted molar refractivity (Wildman–Crippen MR) is 106 cm³/mol. The summed E-state index contributed by atoms with van der Waals surface area (Å²) < 4.78 is 2.66. The van der Waals surface area contributed by atoms with E-state index in [1.807, 2.05) is 24.3 Å². The third-order valence-corrected chi connectivity index (χ3v) is 5.08. The normalized spacial score (nSPS) is 13.0. The molecule has 8 heteroatoms. The molecule has 0 saturated heterocycles. The Hall–Kier alpha value is -3.26. The third kappa shape index (κ3) is 3.22. The highest BCUT2D eigenvalue weighted by atomic mass is 79.9. The van der Waals surface area contributed by atoms with Gasteiger partial charge in [-0.1, -0.05) is 28.1 Å². The van der Waals surface area contributed by atoms with Gasteiger partial charge in [0.1, 0.15) is 5.82 Å². The molecule has 7 nitrogen and oxygen atoms in total. The van der Waals surface area contributed by atoms with Crippen LogP contribution in [0.5, 0.6) is 0 Å². The number of imide groups is 1. The Morgan fingerprint density at radius 1 is 1.04 bits per heavy atom. The molecule has 0 atom stereocenters. The molecule has 3 amide bonds. The number of rotatable bonds is 4. The lowest BCUT2D eigenvalue weighted by Crippen LogP contribution is -2.24. The lowest BCUT2D eigenvalue weighted by Gasteiger charge is -2.10. The van der Waals surface area contributed by atoms with Crippen LogP contribution in [-0.2, 0) is 6.54 Å².